The number of methoxy groups -OCH3 is 4. The highest BCUT2D eigenvalue weighted by Crippen LogP contribution is 2.52. The molecule has 0 radical (unpaired) electrons. The first kappa shape index (κ1) is 63.8. The molecule has 11 rings (SSSR count). The summed E-state index contributed by atoms with van der Waals surface area (Å²) in [5.41, 5.74) is 26.5. The van der Waals surface area contributed by atoms with E-state index < -0.39 is 110 Å². The topological polar surface area (TPSA) is 398 Å². The Hall–Kier alpha value is -6.67. The van der Waals surface area contributed by atoms with Crippen LogP contribution in [-0.2, 0) is 49.4 Å². The molecule has 16 N–H and O–H groups in total. The van der Waals surface area contributed by atoms with Gasteiger partial charge < -0.3 is 111 Å². The number of hydrogen-bond donors (Lipinski definition) is 12. The molecule has 1 aliphatic carbocycles. The highest BCUT2D eigenvalue weighted by Gasteiger charge is 2.61. The quantitative estimate of drug-likeness (QED) is 0.0434. The molecule has 470 valence electrons. The van der Waals surface area contributed by atoms with E-state index >= 15 is 0 Å². The fraction of sp³-hybridized carbons (Fsp3) is 0.542. The minimum atomic E-state index is -2.38. The van der Waals surface area contributed by atoms with Crippen molar-refractivity contribution < 1.29 is 87.9 Å². The molecule has 0 spiro atoms. The molecule has 2 saturated heterocycles. The maximum atomic E-state index is 12.1. The Balaban J connectivity index is 0.000000208. The number of aliphatic hydroxyl groups is 7. The summed E-state index contributed by atoms with van der Waals surface area (Å²) in [6, 6.07) is 17.1. The van der Waals surface area contributed by atoms with Crippen LogP contribution >= 0.6 is 0 Å². The Morgan fingerprint density at radius 2 is 1.31 bits per heavy atom. The van der Waals surface area contributed by atoms with Gasteiger partial charge in [0.15, 0.2) is 70.9 Å². The van der Waals surface area contributed by atoms with Crippen molar-refractivity contribution in [3.63, 3.8) is 0 Å². The van der Waals surface area contributed by atoms with Gasteiger partial charge >= 0.3 is 0 Å². The highest BCUT2D eigenvalue weighted by atomic mass is 16.8. The normalized spacial score (nSPS) is 32.3. The first-order valence-corrected chi connectivity index (χ1v) is 28.3. The largest absolute Gasteiger partial charge is 0.493 e. The summed E-state index contributed by atoms with van der Waals surface area (Å²) in [6.45, 7) is 2.48. The van der Waals surface area contributed by atoms with Crippen molar-refractivity contribution in [2.45, 2.75) is 136 Å². The monoisotopic (exact) mass is 1200 g/mol. The van der Waals surface area contributed by atoms with Gasteiger partial charge in [-0.1, -0.05) is 18.2 Å². The lowest BCUT2D eigenvalue weighted by molar-refractivity contribution is -0.314. The molecule has 4 aromatic rings. The van der Waals surface area contributed by atoms with Gasteiger partial charge in [-0.05, 0) is 124 Å². The molecule has 0 aromatic heterocycles. The third-order valence-corrected chi connectivity index (χ3v) is 17.2. The fourth-order valence-electron chi connectivity index (χ4n) is 12.4. The van der Waals surface area contributed by atoms with E-state index in [2.05, 4.69) is 81.7 Å². The highest BCUT2D eigenvalue weighted by molar-refractivity contribution is 5.77. The average molecular weight is 1200 g/mol. The van der Waals surface area contributed by atoms with Crippen LogP contribution in [0.2, 0.25) is 0 Å². The molecule has 4 aromatic carbocycles. The van der Waals surface area contributed by atoms with Crippen molar-refractivity contribution in [1.82, 2.24) is 15.1 Å². The van der Waals surface area contributed by atoms with Crippen LogP contribution < -0.4 is 56.7 Å². The van der Waals surface area contributed by atoms with Crippen molar-refractivity contribution in [2.24, 2.45) is 32.9 Å². The molecule has 7 aliphatic rings. The number of aldehydes is 1. The lowest BCUT2D eigenvalue weighted by atomic mass is 9.81. The van der Waals surface area contributed by atoms with Crippen LogP contribution in [0.15, 0.2) is 70.6 Å². The number of carbonyl (C=O) groups excluding carboxylic acids is 1. The number of fused-ring (bicyclic) bond motifs is 2. The molecular weight excluding hydrogens is 1120 g/mol. The Labute approximate surface area is 497 Å². The summed E-state index contributed by atoms with van der Waals surface area (Å²) in [4.78, 5) is 24.5. The predicted octanol–water partition coefficient (Wildman–Crippen LogP) is -0.999. The lowest BCUT2D eigenvalue weighted by Crippen LogP contribution is -2.66. The minimum absolute atomic E-state index is 0.000437. The van der Waals surface area contributed by atoms with Gasteiger partial charge in [-0.25, -0.2) is 9.98 Å². The van der Waals surface area contributed by atoms with Gasteiger partial charge in [0.25, 0.3) is 0 Å². The number of carbonyl (C=O) groups is 1. The molecule has 6 bridgehead atoms. The minimum Gasteiger partial charge on any atom is -0.493 e. The van der Waals surface area contributed by atoms with E-state index in [9.17, 15) is 40.5 Å². The third kappa shape index (κ3) is 12.6. The molecule has 27 nitrogen and oxygen atoms in total. The zero-order valence-corrected chi connectivity index (χ0v) is 49.3. The number of aliphatic hydroxyl groups excluding tert-OH is 6. The molecule has 6 heterocycles. The summed E-state index contributed by atoms with van der Waals surface area (Å²) >= 11 is 0. The summed E-state index contributed by atoms with van der Waals surface area (Å²) in [7, 11) is 12.5. The average Bonchev–Trinajstić information content (AvgIpc) is 3.37. The number of benzene rings is 4. The van der Waals surface area contributed by atoms with Gasteiger partial charge in [-0.15, -0.1) is 0 Å². The van der Waals surface area contributed by atoms with Crippen LogP contribution in [0.25, 0.3) is 0 Å². The van der Waals surface area contributed by atoms with E-state index in [0.29, 0.717) is 40.2 Å². The summed E-state index contributed by atoms with van der Waals surface area (Å²) in [6.07, 6.45) is -13.9. The first-order chi connectivity index (χ1) is 41.1. The van der Waals surface area contributed by atoms with Gasteiger partial charge in [-0.3, -0.25) is 14.6 Å². The Morgan fingerprint density at radius 1 is 0.698 bits per heavy atom. The number of aliphatic imine (C=N–C) groups is 2. The molecule has 27 heteroatoms. The SMILES string of the molecule is CN[C@@H]1[C@H](O[C@H]2[C@H](O[C@H]3[C@H](O)[C@@H](O)[C@H](N=C(N)N)[C@@H](O)[C@@H]3N=C(N)N)O[C@@H](C)[C@]2(O)C=O)O[C@@H](CO)[C@H](O)[C@H]1O.COc1ccc2cc1Oc1ccc(cc1)C[C@H]1c3cc(c(OC)cc3CCN1C)Oc1c(OC)c(OC)cc3c1[C@H](C2)N(C)CC3. The van der Waals surface area contributed by atoms with Crippen molar-refractivity contribution in [1.29, 1.82) is 0 Å². The number of guanidine groups is 2. The molecule has 0 unspecified atom stereocenters. The van der Waals surface area contributed by atoms with E-state index in [-0.39, 0.29) is 18.4 Å². The smallest absolute Gasteiger partial charge is 0.204 e. The van der Waals surface area contributed by atoms with Crippen LogP contribution in [-0.4, -0.2) is 224 Å². The zero-order chi connectivity index (χ0) is 62.1. The van der Waals surface area contributed by atoms with E-state index in [1.165, 1.54) is 36.2 Å². The van der Waals surface area contributed by atoms with E-state index in [4.69, 9.17) is 70.3 Å². The molecule has 1 saturated carbocycles. The lowest BCUT2D eigenvalue weighted by Gasteiger charge is -2.45. The third-order valence-electron chi connectivity index (χ3n) is 17.2. The molecule has 6 aliphatic heterocycles. The van der Waals surface area contributed by atoms with Crippen molar-refractivity contribution in [3.05, 3.63) is 94.0 Å². The van der Waals surface area contributed by atoms with Crippen molar-refractivity contribution >= 4 is 18.2 Å². The number of nitrogens with zero attached hydrogens (tertiary/aromatic N) is 4. The fourth-order valence-corrected chi connectivity index (χ4v) is 12.4. The van der Waals surface area contributed by atoms with Crippen LogP contribution in [0.5, 0.6) is 46.0 Å². The standard InChI is InChI=1S/C38H42N2O6.C21H39N7O12/c1-39-15-13-25-20-32(42-4)34-22-28(25)29(39)17-23-7-10-27(11-8-23)45-33-19-24(9-12-31(33)41-3)18-30-36-26(14-16-40(30)2)21-35(43-5)37(44-6)38(36)46-34;1-5-21(36,4-30)16(40-17-9(26-2)13(34)10(31)6(3-29)38-17)18(37-5)39-15-8(28-20(24)25)11(32)7(27-19(22)23)12(33)14(15)35/h7-12,19-22,29-30H,13-18H2,1-6H3;4-18,26,29,31-36H,3H2,1-2H3,(H4,22,23,27)(H4,24,25,28)/t29-,30-;5-,6-,7+,8-,9-,10-,11+,12-,13-,14+,15+,16-,17-,18-,21+/m00/s1. The molecule has 3 fully saturated rings. The van der Waals surface area contributed by atoms with Gasteiger partial charge in [0.1, 0.15) is 66.7 Å². The number of nitrogens with one attached hydrogen (secondary N) is 1. The molecular formula is C59H81N9O18. The van der Waals surface area contributed by atoms with Crippen LogP contribution in [0.3, 0.4) is 0 Å². The number of nitrogens with two attached hydrogens (primary N) is 4. The second kappa shape index (κ2) is 26.7. The predicted molar refractivity (Wildman–Crippen MR) is 311 cm³/mol. The van der Waals surface area contributed by atoms with Crippen LogP contribution in [0.1, 0.15) is 52.4 Å². The zero-order valence-electron chi connectivity index (χ0n) is 49.3. The second-order valence-electron chi connectivity index (χ2n) is 22.3. The number of hydrogen-bond acceptors (Lipinski definition) is 23. The number of ether oxygens (including phenoxy) is 10. The van der Waals surface area contributed by atoms with Gasteiger partial charge in [0, 0.05) is 30.7 Å². The Kier molecular flexibility index (Phi) is 19.9. The van der Waals surface area contributed by atoms with Crippen molar-refractivity contribution in [3.8, 4) is 46.0 Å². The van der Waals surface area contributed by atoms with Crippen LogP contribution in [0, 0.1) is 0 Å². The summed E-state index contributed by atoms with van der Waals surface area (Å²) in [5.74, 6) is 4.38. The van der Waals surface area contributed by atoms with Gasteiger partial charge in [0.2, 0.25) is 5.75 Å². The molecule has 17 atom stereocenters. The second-order valence-corrected chi connectivity index (χ2v) is 22.3. The number of likely N-dealkylation sites (N-methyl/N-ethyl adjacent to an activating group) is 3. The molecule has 0 amide bonds. The van der Waals surface area contributed by atoms with Gasteiger partial charge in [-0.2, -0.15) is 0 Å². The van der Waals surface area contributed by atoms with Gasteiger partial charge in [0.05, 0.1) is 47.2 Å². The summed E-state index contributed by atoms with van der Waals surface area (Å²) < 4.78 is 60.0. The Bertz CT molecular complexity index is 3080. The van der Waals surface area contributed by atoms with Crippen molar-refractivity contribution in [2.75, 3.05) is 69.3 Å². The van der Waals surface area contributed by atoms with Crippen LogP contribution in [0.4, 0.5) is 0 Å². The maximum absolute atomic E-state index is 12.1. The maximum Gasteiger partial charge on any atom is 0.204 e. The van der Waals surface area contributed by atoms with E-state index in [1.54, 1.807) is 28.4 Å². The molecule has 86 heavy (non-hydrogen) atoms. The summed E-state index contributed by atoms with van der Waals surface area (Å²) in [5, 5.41) is 76.6. The Morgan fingerprint density at radius 3 is 1.94 bits per heavy atom. The first-order valence-electron chi connectivity index (χ1n) is 28.3. The van der Waals surface area contributed by atoms with E-state index in [0.717, 1.165) is 55.6 Å². The van der Waals surface area contributed by atoms with E-state index in [1.807, 2.05) is 18.2 Å². The number of rotatable bonds is 13.